The summed E-state index contributed by atoms with van der Waals surface area (Å²) in [6.45, 7) is 4.33. The Labute approximate surface area is 124 Å². The predicted molar refractivity (Wildman–Crippen MR) is 78.1 cm³/mol. The molecule has 1 N–H and O–H groups in total. The van der Waals surface area contributed by atoms with E-state index in [0.29, 0.717) is 19.4 Å². The summed E-state index contributed by atoms with van der Waals surface area (Å²) in [4.78, 5) is 25.9. The molecule has 5 nitrogen and oxygen atoms in total. The smallest absolute Gasteiger partial charge is 0.325 e. The number of nitrogens with one attached hydrogen (secondary N) is 1. The number of benzene rings is 1. The third-order valence-electron chi connectivity index (χ3n) is 4.67. The van der Waals surface area contributed by atoms with Gasteiger partial charge in [-0.15, -0.1) is 0 Å². The maximum absolute atomic E-state index is 12.2. The molecule has 1 saturated heterocycles. The molecule has 3 amide bonds. The van der Waals surface area contributed by atoms with E-state index < -0.39 is 5.54 Å². The van der Waals surface area contributed by atoms with Gasteiger partial charge in [-0.1, -0.05) is 32.0 Å². The van der Waals surface area contributed by atoms with Crippen LogP contribution in [0.2, 0.25) is 0 Å². The van der Waals surface area contributed by atoms with Crippen LogP contribution in [0.5, 0.6) is 5.75 Å². The number of hydrogen-bond acceptors (Lipinski definition) is 3. The number of urea groups is 1. The Morgan fingerprint density at radius 2 is 2.00 bits per heavy atom. The fourth-order valence-electron chi connectivity index (χ4n) is 3.37. The van der Waals surface area contributed by atoms with Gasteiger partial charge >= 0.3 is 6.03 Å². The summed E-state index contributed by atoms with van der Waals surface area (Å²) in [6.07, 6.45) is 1.91. The largest absolute Gasteiger partial charge is 0.488 e. The zero-order valence-corrected chi connectivity index (χ0v) is 12.4. The first-order valence-electron chi connectivity index (χ1n) is 7.48. The Bertz CT molecular complexity index is 556. The maximum atomic E-state index is 12.2. The summed E-state index contributed by atoms with van der Waals surface area (Å²) in [7, 11) is 0. The van der Waals surface area contributed by atoms with E-state index in [4.69, 9.17) is 4.74 Å². The van der Waals surface area contributed by atoms with E-state index in [1.807, 2.05) is 38.1 Å². The first kappa shape index (κ1) is 13.9. The van der Waals surface area contributed by atoms with Crippen LogP contribution < -0.4 is 10.1 Å². The molecule has 2 aliphatic heterocycles. The Kier molecular flexibility index (Phi) is 3.35. The molecule has 2 aliphatic rings. The van der Waals surface area contributed by atoms with Crippen molar-refractivity contribution in [2.24, 2.45) is 0 Å². The van der Waals surface area contributed by atoms with Crippen LogP contribution in [0.25, 0.3) is 0 Å². The summed E-state index contributed by atoms with van der Waals surface area (Å²) in [5.41, 5.74) is 0.432. The minimum absolute atomic E-state index is 0.0866. The van der Waals surface area contributed by atoms with E-state index in [1.54, 1.807) is 4.90 Å². The summed E-state index contributed by atoms with van der Waals surface area (Å²) in [5, 5.41) is 2.45. The van der Waals surface area contributed by atoms with Crippen LogP contribution >= 0.6 is 0 Å². The van der Waals surface area contributed by atoms with Crippen molar-refractivity contribution in [1.82, 2.24) is 10.2 Å². The second kappa shape index (κ2) is 5.06. The Balaban J connectivity index is 1.79. The van der Waals surface area contributed by atoms with E-state index in [-0.39, 0.29) is 18.0 Å². The molecule has 0 saturated carbocycles. The lowest BCUT2D eigenvalue weighted by molar-refractivity contribution is -0.127. The van der Waals surface area contributed by atoms with Crippen LogP contribution in [0.4, 0.5) is 4.79 Å². The lowest BCUT2D eigenvalue weighted by atomic mass is 9.91. The summed E-state index contributed by atoms with van der Waals surface area (Å²) in [5.74, 6) is 0.694. The molecule has 3 rings (SSSR count). The number of carbonyl (C=O) groups is 2. The van der Waals surface area contributed by atoms with Crippen molar-refractivity contribution in [3.8, 4) is 5.75 Å². The highest BCUT2D eigenvalue weighted by atomic mass is 16.5. The zero-order chi connectivity index (χ0) is 15.0. The van der Waals surface area contributed by atoms with Crippen molar-refractivity contribution in [3.63, 3.8) is 0 Å². The minimum Gasteiger partial charge on any atom is -0.488 e. The highest BCUT2D eigenvalue weighted by molar-refractivity contribution is 6.07. The molecular weight excluding hydrogens is 268 g/mol. The van der Waals surface area contributed by atoms with Crippen LogP contribution in [0.1, 0.15) is 32.3 Å². The van der Waals surface area contributed by atoms with Gasteiger partial charge in [0.2, 0.25) is 0 Å². The van der Waals surface area contributed by atoms with Gasteiger partial charge in [0.15, 0.2) is 0 Å². The lowest BCUT2D eigenvalue weighted by Crippen LogP contribution is -2.51. The minimum atomic E-state index is -0.727. The SMILES string of the molecule is CCC1(CC)C(=O)NC(=O)N1CC1Cc2ccccc2O1. The third-order valence-corrected chi connectivity index (χ3v) is 4.67. The first-order chi connectivity index (χ1) is 10.1. The van der Waals surface area contributed by atoms with Gasteiger partial charge < -0.3 is 9.64 Å². The normalized spacial score (nSPS) is 23.0. The van der Waals surface area contributed by atoms with Crippen molar-refractivity contribution in [1.29, 1.82) is 0 Å². The molecule has 2 heterocycles. The molecule has 0 spiro atoms. The molecule has 0 aliphatic carbocycles. The average molecular weight is 288 g/mol. The van der Waals surface area contributed by atoms with Gasteiger partial charge in [-0.25, -0.2) is 4.79 Å². The number of carbonyl (C=O) groups excluding carboxylic acids is 2. The van der Waals surface area contributed by atoms with Crippen molar-refractivity contribution in [2.75, 3.05) is 6.54 Å². The number of imide groups is 1. The molecule has 21 heavy (non-hydrogen) atoms. The summed E-state index contributed by atoms with van der Waals surface area (Å²) < 4.78 is 5.90. The number of para-hydroxylation sites is 1. The van der Waals surface area contributed by atoms with Crippen molar-refractivity contribution in [2.45, 2.75) is 44.8 Å². The van der Waals surface area contributed by atoms with Gasteiger partial charge in [-0.05, 0) is 24.5 Å². The number of amides is 3. The number of fused-ring (bicyclic) bond motifs is 1. The first-order valence-corrected chi connectivity index (χ1v) is 7.48. The van der Waals surface area contributed by atoms with Crippen LogP contribution in [-0.2, 0) is 11.2 Å². The summed E-state index contributed by atoms with van der Waals surface area (Å²) in [6, 6.07) is 7.60. The number of rotatable bonds is 4. The Hall–Kier alpha value is -2.04. The number of hydrogen-bond donors (Lipinski definition) is 1. The fourth-order valence-corrected chi connectivity index (χ4v) is 3.37. The predicted octanol–water partition coefficient (Wildman–Crippen LogP) is 2.10. The molecule has 1 unspecified atom stereocenters. The molecule has 0 aromatic heterocycles. The van der Waals surface area contributed by atoms with Crippen LogP contribution in [0, 0.1) is 0 Å². The monoisotopic (exact) mass is 288 g/mol. The number of ether oxygens (including phenoxy) is 1. The van der Waals surface area contributed by atoms with E-state index in [9.17, 15) is 9.59 Å². The van der Waals surface area contributed by atoms with Gasteiger partial charge in [0, 0.05) is 6.42 Å². The highest BCUT2D eigenvalue weighted by Crippen LogP contribution is 2.33. The molecule has 1 atom stereocenters. The van der Waals surface area contributed by atoms with E-state index in [0.717, 1.165) is 17.7 Å². The molecule has 112 valence electrons. The van der Waals surface area contributed by atoms with Crippen LogP contribution in [0.15, 0.2) is 24.3 Å². The third kappa shape index (κ3) is 2.07. The highest BCUT2D eigenvalue weighted by Gasteiger charge is 2.51. The quantitative estimate of drug-likeness (QED) is 0.863. The van der Waals surface area contributed by atoms with E-state index in [1.165, 1.54) is 0 Å². The lowest BCUT2D eigenvalue weighted by Gasteiger charge is -2.34. The van der Waals surface area contributed by atoms with Crippen molar-refractivity contribution in [3.05, 3.63) is 29.8 Å². The molecule has 5 heteroatoms. The molecule has 1 aromatic rings. The molecule has 0 radical (unpaired) electrons. The van der Waals surface area contributed by atoms with Gasteiger partial charge in [0.05, 0.1) is 6.54 Å². The average Bonchev–Trinajstić information content (AvgIpc) is 2.99. The maximum Gasteiger partial charge on any atom is 0.325 e. The Morgan fingerprint density at radius 1 is 1.29 bits per heavy atom. The van der Waals surface area contributed by atoms with Crippen molar-refractivity contribution >= 4 is 11.9 Å². The zero-order valence-electron chi connectivity index (χ0n) is 12.4. The standard InChI is InChI=1S/C16H20N2O3/c1-3-16(4-2)14(19)17-15(20)18(16)10-12-9-11-7-5-6-8-13(11)21-12/h5-8,12H,3-4,9-10H2,1-2H3,(H,17,19,20). The van der Waals surface area contributed by atoms with Gasteiger partial charge in [-0.3, -0.25) is 10.1 Å². The summed E-state index contributed by atoms with van der Waals surface area (Å²) >= 11 is 0. The van der Waals surface area contributed by atoms with Gasteiger partial charge in [0.1, 0.15) is 17.4 Å². The number of nitrogens with zero attached hydrogens (tertiary/aromatic N) is 1. The second-order valence-electron chi connectivity index (χ2n) is 5.66. The Morgan fingerprint density at radius 3 is 2.67 bits per heavy atom. The topological polar surface area (TPSA) is 58.6 Å². The van der Waals surface area contributed by atoms with E-state index >= 15 is 0 Å². The molecule has 1 aromatic carbocycles. The fraction of sp³-hybridized carbons (Fsp3) is 0.500. The molecule has 0 bridgehead atoms. The molecular formula is C16H20N2O3. The van der Waals surface area contributed by atoms with Crippen molar-refractivity contribution < 1.29 is 14.3 Å². The van der Waals surface area contributed by atoms with Gasteiger partial charge in [0.25, 0.3) is 5.91 Å². The second-order valence-corrected chi connectivity index (χ2v) is 5.66. The molecule has 1 fully saturated rings. The van der Waals surface area contributed by atoms with Gasteiger partial charge in [-0.2, -0.15) is 0 Å². The van der Waals surface area contributed by atoms with E-state index in [2.05, 4.69) is 5.32 Å². The van der Waals surface area contributed by atoms with Crippen LogP contribution in [0.3, 0.4) is 0 Å². The van der Waals surface area contributed by atoms with Crippen LogP contribution in [-0.4, -0.2) is 35.0 Å².